The highest BCUT2D eigenvalue weighted by atomic mass is 16.2. The van der Waals surface area contributed by atoms with Crippen molar-refractivity contribution in [3.63, 3.8) is 0 Å². The Morgan fingerprint density at radius 3 is 2.38 bits per heavy atom. The Morgan fingerprint density at radius 2 is 1.71 bits per heavy atom. The number of hydrogen-bond acceptors (Lipinski definition) is 2. The number of nitrogens with one attached hydrogen (secondary N) is 2. The summed E-state index contributed by atoms with van der Waals surface area (Å²) in [7, 11) is 0. The lowest BCUT2D eigenvalue weighted by Gasteiger charge is -2.23. The minimum absolute atomic E-state index is 0.0646. The van der Waals surface area contributed by atoms with Gasteiger partial charge in [0.05, 0.1) is 6.04 Å². The molecule has 0 fully saturated rings. The quantitative estimate of drug-likeness (QED) is 0.874. The zero-order valence-corrected chi connectivity index (χ0v) is 13.7. The van der Waals surface area contributed by atoms with Crippen LogP contribution in [0.1, 0.15) is 63.3 Å². The van der Waals surface area contributed by atoms with Gasteiger partial charge in [0.25, 0.3) is 0 Å². The number of aryl methyl sites for hydroxylation is 2. The fraction of sp³-hybridized carbons (Fsp3) is 0.611. The SMILES string of the molecule is CC(C)NC(=O)[C@@H](C)N[C@@H](C)c1ccc2c(c1)CCCC2. The van der Waals surface area contributed by atoms with Crippen LogP contribution in [-0.4, -0.2) is 18.0 Å². The minimum atomic E-state index is -0.182. The van der Waals surface area contributed by atoms with Gasteiger partial charge in [0.1, 0.15) is 0 Å². The molecule has 1 aromatic carbocycles. The van der Waals surface area contributed by atoms with Gasteiger partial charge in [0, 0.05) is 12.1 Å². The lowest BCUT2D eigenvalue weighted by Crippen LogP contribution is -2.45. The van der Waals surface area contributed by atoms with Gasteiger partial charge in [-0.25, -0.2) is 0 Å². The van der Waals surface area contributed by atoms with Gasteiger partial charge in [-0.3, -0.25) is 10.1 Å². The molecule has 21 heavy (non-hydrogen) atoms. The first-order chi connectivity index (χ1) is 9.97. The highest BCUT2D eigenvalue weighted by molar-refractivity contribution is 5.81. The summed E-state index contributed by atoms with van der Waals surface area (Å²) in [4.78, 5) is 12.0. The van der Waals surface area contributed by atoms with Crippen LogP contribution >= 0.6 is 0 Å². The van der Waals surface area contributed by atoms with E-state index in [1.165, 1.54) is 42.4 Å². The van der Waals surface area contributed by atoms with E-state index in [9.17, 15) is 4.79 Å². The standard InChI is InChI=1S/C18H28N2O/c1-12(2)19-18(21)14(4)20-13(3)16-10-9-15-7-5-6-8-17(15)11-16/h9-14,20H,5-8H2,1-4H3,(H,19,21)/t13-,14+/m0/s1. The average Bonchev–Trinajstić information content (AvgIpc) is 2.45. The van der Waals surface area contributed by atoms with Crippen molar-refractivity contribution in [2.75, 3.05) is 0 Å². The summed E-state index contributed by atoms with van der Waals surface area (Å²) >= 11 is 0. The third-order valence-corrected chi connectivity index (χ3v) is 4.20. The summed E-state index contributed by atoms with van der Waals surface area (Å²) in [5, 5.41) is 6.34. The molecule has 0 bridgehead atoms. The van der Waals surface area contributed by atoms with Crippen LogP contribution in [0.2, 0.25) is 0 Å². The maximum atomic E-state index is 12.0. The van der Waals surface area contributed by atoms with Crippen LogP contribution in [0, 0.1) is 0 Å². The Morgan fingerprint density at radius 1 is 1.05 bits per heavy atom. The Bertz CT molecular complexity index is 496. The number of rotatable bonds is 5. The number of amides is 1. The normalized spacial score (nSPS) is 17.2. The van der Waals surface area contributed by atoms with E-state index < -0.39 is 0 Å². The predicted octanol–water partition coefficient (Wildman–Crippen LogP) is 3.13. The highest BCUT2D eigenvalue weighted by Crippen LogP contribution is 2.24. The van der Waals surface area contributed by atoms with Crippen molar-refractivity contribution in [1.82, 2.24) is 10.6 Å². The molecule has 0 aromatic heterocycles. The molecule has 1 amide bonds. The maximum Gasteiger partial charge on any atom is 0.237 e. The molecule has 0 radical (unpaired) electrons. The first-order valence-electron chi connectivity index (χ1n) is 8.15. The summed E-state index contributed by atoms with van der Waals surface area (Å²) in [5.41, 5.74) is 4.27. The van der Waals surface area contributed by atoms with Crippen molar-refractivity contribution < 1.29 is 4.79 Å². The zero-order valence-electron chi connectivity index (χ0n) is 13.7. The molecule has 0 saturated heterocycles. The van der Waals surface area contributed by atoms with Crippen LogP contribution in [0.3, 0.4) is 0 Å². The Labute approximate surface area is 128 Å². The van der Waals surface area contributed by atoms with E-state index in [2.05, 4.69) is 35.8 Å². The zero-order chi connectivity index (χ0) is 15.4. The fourth-order valence-corrected chi connectivity index (χ4v) is 2.98. The molecule has 1 aliphatic carbocycles. The van der Waals surface area contributed by atoms with Crippen molar-refractivity contribution in [2.45, 2.75) is 71.5 Å². The van der Waals surface area contributed by atoms with Crippen molar-refractivity contribution in [3.8, 4) is 0 Å². The summed E-state index contributed by atoms with van der Waals surface area (Å²) in [6.45, 7) is 8.02. The predicted molar refractivity (Wildman–Crippen MR) is 87.4 cm³/mol. The van der Waals surface area contributed by atoms with Crippen LogP contribution < -0.4 is 10.6 Å². The van der Waals surface area contributed by atoms with Crippen LogP contribution in [0.25, 0.3) is 0 Å². The van der Waals surface area contributed by atoms with Crippen LogP contribution in [0.4, 0.5) is 0 Å². The molecular weight excluding hydrogens is 260 g/mol. The second-order valence-electron chi connectivity index (χ2n) is 6.51. The highest BCUT2D eigenvalue weighted by Gasteiger charge is 2.18. The second kappa shape index (κ2) is 7.08. The van der Waals surface area contributed by atoms with E-state index in [1.807, 2.05) is 20.8 Å². The molecule has 2 rings (SSSR count). The van der Waals surface area contributed by atoms with E-state index >= 15 is 0 Å². The summed E-state index contributed by atoms with van der Waals surface area (Å²) in [6.07, 6.45) is 5.02. The maximum absolute atomic E-state index is 12.0. The average molecular weight is 288 g/mol. The molecule has 3 nitrogen and oxygen atoms in total. The fourth-order valence-electron chi connectivity index (χ4n) is 2.98. The van der Waals surface area contributed by atoms with Crippen LogP contribution in [0.15, 0.2) is 18.2 Å². The molecule has 116 valence electrons. The van der Waals surface area contributed by atoms with Gasteiger partial charge >= 0.3 is 0 Å². The van der Waals surface area contributed by atoms with Gasteiger partial charge in [-0.2, -0.15) is 0 Å². The van der Waals surface area contributed by atoms with Gasteiger partial charge in [0.2, 0.25) is 5.91 Å². The van der Waals surface area contributed by atoms with Crippen molar-refractivity contribution in [3.05, 3.63) is 34.9 Å². The van der Waals surface area contributed by atoms with Gasteiger partial charge in [-0.05, 0) is 70.1 Å². The molecular formula is C18H28N2O. The Kier molecular flexibility index (Phi) is 5.40. The third kappa shape index (κ3) is 4.31. The molecule has 0 aliphatic heterocycles. The third-order valence-electron chi connectivity index (χ3n) is 4.20. The lowest BCUT2D eigenvalue weighted by atomic mass is 9.89. The second-order valence-corrected chi connectivity index (χ2v) is 6.51. The smallest absolute Gasteiger partial charge is 0.237 e. The summed E-state index contributed by atoms with van der Waals surface area (Å²) in [6, 6.07) is 6.97. The lowest BCUT2D eigenvalue weighted by molar-refractivity contribution is -0.123. The molecule has 0 unspecified atom stereocenters. The van der Waals surface area contributed by atoms with Crippen LogP contribution in [0.5, 0.6) is 0 Å². The topological polar surface area (TPSA) is 41.1 Å². The van der Waals surface area contributed by atoms with Gasteiger partial charge < -0.3 is 5.32 Å². The first-order valence-corrected chi connectivity index (χ1v) is 8.15. The largest absolute Gasteiger partial charge is 0.353 e. The van der Waals surface area contributed by atoms with E-state index in [4.69, 9.17) is 0 Å². The van der Waals surface area contributed by atoms with Crippen molar-refractivity contribution in [1.29, 1.82) is 0 Å². The number of hydrogen-bond donors (Lipinski definition) is 2. The summed E-state index contributed by atoms with van der Waals surface area (Å²) in [5.74, 6) is 0.0646. The molecule has 0 heterocycles. The van der Waals surface area contributed by atoms with Crippen molar-refractivity contribution >= 4 is 5.91 Å². The van der Waals surface area contributed by atoms with Crippen molar-refractivity contribution in [2.24, 2.45) is 0 Å². The molecule has 0 spiro atoms. The van der Waals surface area contributed by atoms with Crippen LogP contribution in [-0.2, 0) is 17.6 Å². The minimum Gasteiger partial charge on any atom is -0.353 e. The number of benzene rings is 1. The summed E-state index contributed by atoms with van der Waals surface area (Å²) < 4.78 is 0. The number of carbonyl (C=O) groups is 1. The molecule has 2 N–H and O–H groups in total. The van der Waals surface area contributed by atoms with Gasteiger partial charge in [-0.1, -0.05) is 18.2 Å². The molecule has 3 heteroatoms. The Hall–Kier alpha value is -1.35. The number of fused-ring (bicyclic) bond motifs is 1. The van der Waals surface area contributed by atoms with E-state index in [0.717, 1.165) is 0 Å². The van der Waals surface area contributed by atoms with Gasteiger partial charge in [0.15, 0.2) is 0 Å². The number of carbonyl (C=O) groups excluding carboxylic acids is 1. The molecule has 1 aromatic rings. The van der Waals surface area contributed by atoms with E-state index in [0.29, 0.717) is 0 Å². The molecule has 1 aliphatic rings. The molecule has 2 atom stereocenters. The Balaban J connectivity index is 1.99. The monoisotopic (exact) mass is 288 g/mol. The molecule has 0 saturated carbocycles. The van der Waals surface area contributed by atoms with E-state index in [-0.39, 0.29) is 24.0 Å². The van der Waals surface area contributed by atoms with Gasteiger partial charge in [-0.15, -0.1) is 0 Å². The first kappa shape index (κ1) is 16.0. The van der Waals surface area contributed by atoms with E-state index in [1.54, 1.807) is 0 Å².